The van der Waals surface area contributed by atoms with Crippen LogP contribution in [0.25, 0.3) is 5.57 Å². The minimum atomic E-state index is 0.956. The van der Waals surface area contributed by atoms with Crippen LogP contribution in [0.3, 0.4) is 0 Å². The molecule has 132 valence electrons. The molecule has 1 N–H and O–H groups in total. The van der Waals surface area contributed by atoms with E-state index in [0.29, 0.717) is 0 Å². The van der Waals surface area contributed by atoms with Crippen LogP contribution in [0.5, 0.6) is 0 Å². The van der Waals surface area contributed by atoms with Gasteiger partial charge in [0.15, 0.2) is 0 Å². The number of allylic oxidation sites excluding steroid dienone is 2. The average Bonchev–Trinajstić information content (AvgIpc) is 2.61. The van der Waals surface area contributed by atoms with Crippen LogP contribution in [0.2, 0.25) is 0 Å². The maximum absolute atomic E-state index is 4.22. The molecule has 0 bridgehead atoms. The lowest BCUT2D eigenvalue weighted by Gasteiger charge is -2.10. The van der Waals surface area contributed by atoms with Crippen LogP contribution in [-0.4, -0.2) is 6.54 Å². The van der Waals surface area contributed by atoms with Gasteiger partial charge in [0.25, 0.3) is 0 Å². The summed E-state index contributed by atoms with van der Waals surface area (Å²) in [5.41, 5.74) is 7.63. The van der Waals surface area contributed by atoms with Crippen LogP contribution in [0, 0.1) is 13.8 Å². The van der Waals surface area contributed by atoms with Crippen molar-refractivity contribution in [2.75, 3.05) is 6.54 Å². The highest BCUT2D eigenvalue weighted by molar-refractivity contribution is 5.63. The van der Waals surface area contributed by atoms with E-state index in [1.54, 1.807) is 0 Å². The number of unbranched alkanes of at least 4 members (excludes halogenated alkanes) is 1. The Morgan fingerprint density at radius 1 is 0.800 bits per heavy atom. The summed E-state index contributed by atoms with van der Waals surface area (Å²) in [5.74, 6) is 0. The van der Waals surface area contributed by atoms with Crippen molar-refractivity contribution in [3.63, 3.8) is 0 Å². The van der Waals surface area contributed by atoms with Crippen molar-refractivity contribution in [2.24, 2.45) is 0 Å². The Bertz CT molecular complexity index is 677. The minimum Gasteiger partial charge on any atom is -0.388 e. The second kappa shape index (κ2) is 9.88. The van der Waals surface area contributed by atoms with E-state index < -0.39 is 0 Å². The highest BCUT2D eigenvalue weighted by Gasteiger charge is 2.00. The molecule has 2 aromatic rings. The van der Waals surface area contributed by atoms with E-state index in [9.17, 15) is 0 Å². The van der Waals surface area contributed by atoms with Crippen LogP contribution in [-0.2, 0) is 6.42 Å². The zero-order chi connectivity index (χ0) is 18.1. The quantitative estimate of drug-likeness (QED) is 0.509. The summed E-state index contributed by atoms with van der Waals surface area (Å²) in [7, 11) is 0. The Balaban J connectivity index is 1.58. The smallest absolute Gasteiger partial charge is 0.0184 e. The van der Waals surface area contributed by atoms with Crippen molar-refractivity contribution < 1.29 is 0 Å². The summed E-state index contributed by atoms with van der Waals surface area (Å²) in [6.07, 6.45) is 5.45. The molecule has 0 aliphatic heterocycles. The number of rotatable bonds is 10. The van der Waals surface area contributed by atoms with Gasteiger partial charge in [0.2, 0.25) is 0 Å². The van der Waals surface area contributed by atoms with Crippen LogP contribution in [0.4, 0.5) is 0 Å². The van der Waals surface area contributed by atoms with Gasteiger partial charge in [-0.15, -0.1) is 0 Å². The normalized spacial score (nSPS) is 10.5. The fourth-order valence-electron chi connectivity index (χ4n) is 2.84. The number of nitrogens with one attached hydrogen (secondary N) is 1. The monoisotopic (exact) mass is 333 g/mol. The SMILES string of the molecule is C=C(CCCCC(=C)c1ccc(C)cc1)NCCc1ccc(C)cc1. The molecule has 0 saturated carbocycles. The van der Waals surface area contributed by atoms with E-state index in [-0.39, 0.29) is 0 Å². The van der Waals surface area contributed by atoms with Crippen LogP contribution < -0.4 is 5.32 Å². The summed E-state index contributed by atoms with van der Waals surface area (Å²) in [6, 6.07) is 17.4. The molecule has 2 aromatic carbocycles. The number of hydrogen-bond donors (Lipinski definition) is 1. The summed E-state index contributed by atoms with van der Waals surface area (Å²) in [5, 5.41) is 3.45. The highest BCUT2D eigenvalue weighted by Crippen LogP contribution is 2.20. The Kier molecular flexibility index (Phi) is 7.53. The van der Waals surface area contributed by atoms with E-state index in [2.05, 4.69) is 80.9 Å². The molecule has 25 heavy (non-hydrogen) atoms. The fourth-order valence-corrected chi connectivity index (χ4v) is 2.84. The van der Waals surface area contributed by atoms with Crippen LogP contribution in [0.15, 0.2) is 67.4 Å². The topological polar surface area (TPSA) is 12.0 Å². The van der Waals surface area contributed by atoms with E-state index in [1.165, 1.54) is 27.8 Å². The molecule has 0 unspecified atom stereocenters. The maximum atomic E-state index is 4.22. The predicted molar refractivity (Wildman–Crippen MR) is 111 cm³/mol. The molecular weight excluding hydrogens is 302 g/mol. The zero-order valence-corrected chi connectivity index (χ0v) is 15.8. The summed E-state index contributed by atoms with van der Waals surface area (Å²) >= 11 is 0. The molecule has 2 rings (SSSR count). The van der Waals surface area contributed by atoms with E-state index >= 15 is 0 Å². The molecule has 0 heterocycles. The lowest BCUT2D eigenvalue weighted by atomic mass is 10.00. The van der Waals surface area contributed by atoms with Crippen LogP contribution >= 0.6 is 0 Å². The van der Waals surface area contributed by atoms with Gasteiger partial charge in [-0.1, -0.05) is 72.8 Å². The molecule has 0 saturated heterocycles. The van der Waals surface area contributed by atoms with Crippen molar-refractivity contribution in [1.82, 2.24) is 5.32 Å². The molecule has 0 radical (unpaired) electrons. The van der Waals surface area contributed by atoms with Crippen molar-refractivity contribution in [3.05, 3.63) is 89.6 Å². The first-order chi connectivity index (χ1) is 12.0. The predicted octanol–water partition coefficient (Wildman–Crippen LogP) is 6.22. The Labute approximate surface area is 153 Å². The number of hydrogen-bond acceptors (Lipinski definition) is 1. The Morgan fingerprint density at radius 3 is 2.00 bits per heavy atom. The lowest BCUT2D eigenvalue weighted by Crippen LogP contribution is -2.15. The molecule has 0 aromatic heterocycles. The number of benzene rings is 2. The summed E-state index contributed by atoms with van der Waals surface area (Å²) in [6.45, 7) is 13.6. The van der Waals surface area contributed by atoms with Crippen molar-refractivity contribution in [1.29, 1.82) is 0 Å². The first kappa shape index (κ1) is 19.1. The molecule has 1 heteroatoms. The molecular formula is C24H31N. The Hall–Kier alpha value is -2.28. The van der Waals surface area contributed by atoms with Gasteiger partial charge in [0.05, 0.1) is 0 Å². The maximum Gasteiger partial charge on any atom is 0.0184 e. The molecule has 0 fully saturated rings. The second-order valence-corrected chi connectivity index (χ2v) is 6.94. The molecule has 1 nitrogen and oxygen atoms in total. The molecule has 0 aliphatic rings. The standard InChI is InChI=1S/C24H31N/c1-19-9-13-23(14-10-19)17-18-25-22(4)8-6-5-7-21(3)24-15-11-20(2)12-16-24/h9-16,25H,3-8,17-18H2,1-2H3. The van der Waals surface area contributed by atoms with Crippen molar-refractivity contribution in [2.45, 2.75) is 46.0 Å². The molecule has 0 aliphatic carbocycles. The summed E-state index contributed by atoms with van der Waals surface area (Å²) < 4.78 is 0. The largest absolute Gasteiger partial charge is 0.388 e. The van der Waals surface area contributed by atoms with Gasteiger partial charge in [-0.2, -0.15) is 0 Å². The Morgan fingerprint density at radius 2 is 1.36 bits per heavy atom. The first-order valence-electron chi connectivity index (χ1n) is 9.26. The zero-order valence-electron chi connectivity index (χ0n) is 15.8. The van der Waals surface area contributed by atoms with Gasteiger partial charge in [-0.3, -0.25) is 0 Å². The summed E-state index contributed by atoms with van der Waals surface area (Å²) in [4.78, 5) is 0. The third kappa shape index (κ3) is 7.01. The van der Waals surface area contributed by atoms with E-state index in [1.807, 2.05) is 0 Å². The van der Waals surface area contributed by atoms with Crippen molar-refractivity contribution in [3.8, 4) is 0 Å². The van der Waals surface area contributed by atoms with Gasteiger partial charge in [-0.25, -0.2) is 0 Å². The highest BCUT2D eigenvalue weighted by atomic mass is 14.9. The molecule has 0 atom stereocenters. The van der Waals surface area contributed by atoms with E-state index in [4.69, 9.17) is 0 Å². The van der Waals surface area contributed by atoms with Gasteiger partial charge < -0.3 is 5.32 Å². The minimum absolute atomic E-state index is 0.956. The molecule has 0 amide bonds. The lowest BCUT2D eigenvalue weighted by molar-refractivity contribution is 0.684. The van der Waals surface area contributed by atoms with Crippen molar-refractivity contribution >= 4 is 5.57 Å². The van der Waals surface area contributed by atoms with Gasteiger partial charge in [0.1, 0.15) is 0 Å². The average molecular weight is 334 g/mol. The first-order valence-corrected chi connectivity index (χ1v) is 9.26. The third-order valence-electron chi connectivity index (χ3n) is 4.58. The van der Waals surface area contributed by atoms with E-state index in [0.717, 1.165) is 44.3 Å². The van der Waals surface area contributed by atoms with Gasteiger partial charge >= 0.3 is 0 Å². The molecule has 0 spiro atoms. The van der Waals surface area contributed by atoms with Crippen LogP contribution in [0.1, 0.15) is 47.9 Å². The van der Waals surface area contributed by atoms with Gasteiger partial charge in [0, 0.05) is 12.2 Å². The third-order valence-corrected chi connectivity index (χ3v) is 4.58. The number of aryl methyl sites for hydroxylation is 2. The van der Waals surface area contributed by atoms with Gasteiger partial charge in [-0.05, 0) is 62.7 Å². The second-order valence-electron chi connectivity index (χ2n) is 6.94. The fraction of sp³-hybridized carbons (Fsp3) is 0.333.